The number of fused-ring (bicyclic) bond motifs is 1. The molecule has 0 aromatic heterocycles. The minimum Gasteiger partial charge on any atom is -0.371 e. The molecule has 0 spiro atoms. The summed E-state index contributed by atoms with van der Waals surface area (Å²) in [4.78, 5) is 24.2. The molecule has 0 saturated heterocycles. The average Bonchev–Trinajstić information content (AvgIpc) is 2.54. The molecule has 2 rings (SSSR count). The van der Waals surface area contributed by atoms with Crippen molar-refractivity contribution in [3.8, 4) is 11.8 Å². The second kappa shape index (κ2) is 8.19. The topological polar surface area (TPSA) is 46.2 Å². The molecule has 1 aliphatic rings. The maximum atomic E-state index is 12.3. The molecule has 1 aliphatic carbocycles. The third-order valence-electron chi connectivity index (χ3n) is 3.60. The van der Waals surface area contributed by atoms with Gasteiger partial charge in [-0.15, -0.1) is 5.92 Å². The molecule has 0 unspecified atom stereocenters. The summed E-state index contributed by atoms with van der Waals surface area (Å²) in [5, 5.41) is 2.96. The van der Waals surface area contributed by atoms with Crippen molar-refractivity contribution in [1.29, 1.82) is 0 Å². The first kappa shape index (κ1) is 16.0. The minimum absolute atomic E-state index is 0.134. The molecular formula is C19H21NO2. The third kappa shape index (κ3) is 4.08. The molecule has 0 atom stereocenters. The number of allylic oxidation sites excluding steroid dienone is 2. The van der Waals surface area contributed by atoms with E-state index in [4.69, 9.17) is 0 Å². The summed E-state index contributed by atoms with van der Waals surface area (Å²) in [7, 11) is 0. The van der Waals surface area contributed by atoms with Gasteiger partial charge in [-0.1, -0.05) is 56.4 Å². The van der Waals surface area contributed by atoms with Crippen LogP contribution in [0.15, 0.2) is 36.0 Å². The fourth-order valence-corrected chi connectivity index (χ4v) is 2.38. The van der Waals surface area contributed by atoms with Crippen LogP contribution in [0.1, 0.15) is 59.7 Å². The highest BCUT2D eigenvalue weighted by Gasteiger charge is 2.24. The molecule has 0 amide bonds. The smallest absolute Gasteiger partial charge is 0.209 e. The van der Waals surface area contributed by atoms with Gasteiger partial charge in [0.25, 0.3) is 0 Å². The SMILES string of the molecule is CCCCCCC#CCNC1=CC(=O)c2ccccc2C1=O. The Morgan fingerprint density at radius 3 is 2.55 bits per heavy atom. The highest BCUT2D eigenvalue weighted by Crippen LogP contribution is 2.19. The lowest BCUT2D eigenvalue weighted by atomic mass is 9.93. The van der Waals surface area contributed by atoms with Gasteiger partial charge in [0.2, 0.25) is 5.78 Å². The molecule has 0 fully saturated rings. The summed E-state index contributed by atoms with van der Waals surface area (Å²) in [6.07, 6.45) is 7.06. The van der Waals surface area contributed by atoms with Crippen LogP contribution < -0.4 is 5.32 Å². The molecular weight excluding hydrogens is 274 g/mol. The predicted molar refractivity (Wildman–Crippen MR) is 87.7 cm³/mol. The van der Waals surface area contributed by atoms with Crippen LogP contribution in [-0.2, 0) is 0 Å². The summed E-state index contributed by atoms with van der Waals surface area (Å²) in [5.74, 6) is 5.82. The second-order valence-corrected chi connectivity index (χ2v) is 5.31. The quantitative estimate of drug-likeness (QED) is 0.645. The van der Waals surface area contributed by atoms with E-state index in [0.717, 1.165) is 12.8 Å². The maximum Gasteiger partial charge on any atom is 0.209 e. The molecule has 3 heteroatoms. The first-order valence-electron chi connectivity index (χ1n) is 7.83. The van der Waals surface area contributed by atoms with E-state index in [1.54, 1.807) is 24.3 Å². The Hall–Kier alpha value is -2.34. The fourth-order valence-electron chi connectivity index (χ4n) is 2.38. The van der Waals surface area contributed by atoms with Crippen LogP contribution in [0.5, 0.6) is 0 Å². The lowest BCUT2D eigenvalue weighted by Gasteiger charge is -2.14. The van der Waals surface area contributed by atoms with Gasteiger partial charge < -0.3 is 5.32 Å². The highest BCUT2D eigenvalue weighted by atomic mass is 16.1. The minimum atomic E-state index is -0.139. The average molecular weight is 295 g/mol. The maximum absolute atomic E-state index is 12.3. The zero-order valence-electron chi connectivity index (χ0n) is 12.9. The Labute approximate surface area is 131 Å². The van der Waals surface area contributed by atoms with Gasteiger partial charge in [-0.25, -0.2) is 0 Å². The third-order valence-corrected chi connectivity index (χ3v) is 3.60. The van der Waals surface area contributed by atoms with Crippen molar-refractivity contribution in [1.82, 2.24) is 5.32 Å². The molecule has 1 aromatic rings. The number of Topliss-reactive ketones (excluding diaryl/α,β-unsaturated/α-hetero) is 1. The number of ketones is 2. The molecule has 3 nitrogen and oxygen atoms in total. The number of carbonyl (C=O) groups is 2. The van der Waals surface area contributed by atoms with Crippen LogP contribution in [0.2, 0.25) is 0 Å². The number of hydrogen-bond donors (Lipinski definition) is 1. The number of rotatable bonds is 6. The summed E-state index contributed by atoms with van der Waals surface area (Å²) in [6.45, 7) is 2.57. The second-order valence-electron chi connectivity index (χ2n) is 5.31. The number of benzene rings is 1. The van der Waals surface area contributed by atoms with E-state index in [1.807, 2.05) is 0 Å². The van der Waals surface area contributed by atoms with E-state index in [2.05, 4.69) is 24.1 Å². The fraction of sp³-hybridized carbons (Fsp3) is 0.368. The van der Waals surface area contributed by atoms with Gasteiger partial charge in [0.1, 0.15) is 0 Å². The zero-order valence-corrected chi connectivity index (χ0v) is 12.9. The van der Waals surface area contributed by atoms with Crippen molar-refractivity contribution in [3.05, 3.63) is 47.2 Å². The summed E-state index contributed by atoms with van der Waals surface area (Å²) < 4.78 is 0. The molecule has 114 valence electrons. The summed E-state index contributed by atoms with van der Waals surface area (Å²) >= 11 is 0. The van der Waals surface area contributed by atoms with Crippen molar-refractivity contribution >= 4 is 11.6 Å². The van der Waals surface area contributed by atoms with Gasteiger partial charge in [-0.3, -0.25) is 9.59 Å². The normalized spacial score (nSPS) is 13.0. The van der Waals surface area contributed by atoms with Gasteiger partial charge in [-0.2, -0.15) is 0 Å². The zero-order chi connectivity index (χ0) is 15.8. The molecule has 0 bridgehead atoms. The first-order valence-corrected chi connectivity index (χ1v) is 7.83. The molecule has 1 aromatic carbocycles. The Bertz CT molecular complexity index is 647. The lowest BCUT2D eigenvalue weighted by molar-refractivity contribution is 0.0979. The largest absolute Gasteiger partial charge is 0.371 e. The molecule has 0 saturated carbocycles. The standard InChI is InChI=1S/C19H21NO2/c1-2-3-4-5-6-7-10-13-20-17-14-18(21)15-11-8-9-12-16(15)19(17)22/h8-9,11-12,14,20H,2-6,13H2,1H3. The van der Waals surface area contributed by atoms with Gasteiger partial charge >= 0.3 is 0 Å². The Kier molecular flexibility index (Phi) is 5.97. The monoisotopic (exact) mass is 295 g/mol. The molecule has 1 N–H and O–H groups in total. The van der Waals surface area contributed by atoms with E-state index in [1.165, 1.54) is 25.3 Å². The number of unbranched alkanes of at least 4 members (excludes halogenated alkanes) is 4. The van der Waals surface area contributed by atoms with Gasteiger partial charge in [0, 0.05) is 23.6 Å². The van der Waals surface area contributed by atoms with Gasteiger partial charge in [0.05, 0.1) is 12.2 Å². The van der Waals surface area contributed by atoms with Crippen molar-refractivity contribution in [2.45, 2.75) is 39.0 Å². The summed E-state index contributed by atoms with van der Waals surface area (Å²) in [5.41, 5.74) is 1.27. The van der Waals surface area contributed by atoms with Crippen LogP contribution >= 0.6 is 0 Å². The van der Waals surface area contributed by atoms with Crippen molar-refractivity contribution in [3.63, 3.8) is 0 Å². The van der Waals surface area contributed by atoms with Gasteiger partial charge in [0.15, 0.2) is 5.78 Å². The Morgan fingerprint density at radius 1 is 1.00 bits per heavy atom. The van der Waals surface area contributed by atoms with Crippen LogP contribution in [-0.4, -0.2) is 18.1 Å². The Balaban J connectivity index is 1.86. The number of nitrogens with one attached hydrogen (secondary N) is 1. The lowest BCUT2D eigenvalue weighted by Crippen LogP contribution is -2.27. The van der Waals surface area contributed by atoms with E-state index in [0.29, 0.717) is 23.4 Å². The van der Waals surface area contributed by atoms with Crippen LogP contribution in [0.4, 0.5) is 0 Å². The van der Waals surface area contributed by atoms with E-state index in [9.17, 15) is 9.59 Å². The molecule has 22 heavy (non-hydrogen) atoms. The van der Waals surface area contributed by atoms with E-state index >= 15 is 0 Å². The van der Waals surface area contributed by atoms with Crippen LogP contribution in [0.3, 0.4) is 0 Å². The highest BCUT2D eigenvalue weighted by molar-refractivity contribution is 6.24. The van der Waals surface area contributed by atoms with Crippen LogP contribution in [0, 0.1) is 11.8 Å². The molecule has 0 aliphatic heterocycles. The number of carbonyl (C=O) groups excluding carboxylic acids is 2. The van der Waals surface area contributed by atoms with Crippen LogP contribution in [0.25, 0.3) is 0 Å². The van der Waals surface area contributed by atoms with Crippen molar-refractivity contribution in [2.75, 3.05) is 6.54 Å². The predicted octanol–water partition coefficient (Wildman–Crippen LogP) is 3.51. The van der Waals surface area contributed by atoms with E-state index in [-0.39, 0.29) is 11.6 Å². The van der Waals surface area contributed by atoms with Crippen molar-refractivity contribution in [2.24, 2.45) is 0 Å². The van der Waals surface area contributed by atoms with Crippen molar-refractivity contribution < 1.29 is 9.59 Å². The first-order chi connectivity index (χ1) is 10.7. The summed E-state index contributed by atoms with van der Waals surface area (Å²) in [6, 6.07) is 6.89. The molecule has 0 radical (unpaired) electrons. The number of hydrogen-bond acceptors (Lipinski definition) is 3. The Morgan fingerprint density at radius 2 is 1.77 bits per heavy atom. The van der Waals surface area contributed by atoms with Gasteiger partial charge in [-0.05, 0) is 6.42 Å². The molecule has 0 heterocycles. The van der Waals surface area contributed by atoms with E-state index < -0.39 is 0 Å².